The molecule has 2 rings (SSSR count). The average molecular weight is 297 g/mol. The predicted octanol–water partition coefficient (Wildman–Crippen LogP) is 3.50. The predicted molar refractivity (Wildman–Crippen MR) is 90.4 cm³/mol. The van der Waals surface area contributed by atoms with Gasteiger partial charge in [-0.2, -0.15) is 0 Å². The number of hydrogen-bond acceptors (Lipinski definition) is 3. The van der Waals surface area contributed by atoms with E-state index in [0.717, 1.165) is 35.5 Å². The summed E-state index contributed by atoms with van der Waals surface area (Å²) in [6.07, 6.45) is 3.44. The maximum Gasteiger partial charge on any atom is 0.164 e. The summed E-state index contributed by atoms with van der Waals surface area (Å²) < 4.78 is 11.5. The molecule has 0 aliphatic carbocycles. The van der Waals surface area contributed by atoms with E-state index in [-0.39, 0.29) is 0 Å². The molecule has 0 aliphatic rings. The summed E-state index contributed by atoms with van der Waals surface area (Å²) in [5.74, 6) is 1.52. The van der Waals surface area contributed by atoms with Crippen molar-refractivity contribution in [1.82, 2.24) is 0 Å². The van der Waals surface area contributed by atoms with Crippen LogP contribution in [0.25, 0.3) is 0 Å². The Kier molecular flexibility index (Phi) is 6.04. The van der Waals surface area contributed by atoms with Crippen molar-refractivity contribution in [1.29, 1.82) is 0 Å². The third-order valence-electron chi connectivity index (χ3n) is 3.49. The summed E-state index contributed by atoms with van der Waals surface area (Å²) in [5.41, 5.74) is 9.09. The normalized spacial score (nSPS) is 10.3. The first-order chi connectivity index (χ1) is 10.8. The molecule has 0 unspecified atom stereocenters. The summed E-state index contributed by atoms with van der Waals surface area (Å²) >= 11 is 0. The van der Waals surface area contributed by atoms with Crippen molar-refractivity contribution in [3.05, 3.63) is 71.8 Å². The summed E-state index contributed by atoms with van der Waals surface area (Å²) in [5, 5.41) is 0. The molecule has 0 fully saturated rings. The van der Waals surface area contributed by atoms with E-state index in [1.54, 1.807) is 7.11 Å². The maximum absolute atomic E-state index is 6.00. The molecule has 3 heteroatoms. The zero-order valence-electron chi connectivity index (χ0n) is 13.0. The number of benzene rings is 2. The molecule has 0 bridgehead atoms. The SMILES string of the molecule is C=CCc1cc(CN)cc(OC)c1OCCc1ccccc1. The Labute approximate surface area is 132 Å². The summed E-state index contributed by atoms with van der Waals surface area (Å²) in [7, 11) is 1.65. The molecule has 22 heavy (non-hydrogen) atoms. The first-order valence-electron chi connectivity index (χ1n) is 7.46. The highest BCUT2D eigenvalue weighted by Crippen LogP contribution is 2.33. The molecule has 0 radical (unpaired) electrons. The number of nitrogens with two attached hydrogens (primary N) is 1. The molecule has 0 saturated heterocycles. The second-order valence-electron chi connectivity index (χ2n) is 5.07. The largest absolute Gasteiger partial charge is 0.493 e. The molecular weight excluding hydrogens is 274 g/mol. The van der Waals surface area contributed by atoms with Gasteiger partial charge in [0, 0.05) is 18.5 Å². The van der Waals surface area contributed by atoms with Gasteiger partial charge >= 0.3 is 0 Å². The number of hydrogen-bond donors (Lipinski definition) is 1. The van der Waals surface area contributed by atoms with E-state index in [9.17, 15) is 0 Å². The fourth-order valence-corrected chi connectivity index (χ4v) is 2.38. The molecule has 0 aliphatic heterocycles. The lowest BCUT2D eigenvalue weighted by molar-refractivity contribution is 0.295. The lowest BCUT2D eigenvalue weighted by Crippen LogP contribution is -2.07. The van der Waals surface area contributed by atoms with Crippen molar-refractivity contribution in [3.8, 4) is 11.5 Å². The van der Waals surface area contributed by atoms with Crippen LogP contribution >= 0.6 is 0 Å². The van der Waals surface area contributed by atoms with E-state index in [1.807, 2.05) is 30.3 Å². The topological polar surface area (TPSA) is 44.5 Å². The van der Waals surface area contributed by atoms with Crippen LogP contribution in [0.3, 0.4) is 0 Å². The minimum absolute atomic E-state index is 0.477. The van der Waals surface area contributed by atoms with Gasteiger partial charge < -0.3 is 15.2 Å². The molecule has 2 aromatic carbocycles. The standard InChI is InChI=1S/C19H23NO2/c1-3-7-17-12-16(14-20)13-18(21-2)19(17)22-11-10-15-8-5-4-6-9-15/h3-6,8-9,12-13H,1,7,10-11,14,20H2,2H3. The molecule has 3 nitrogen and oxygen atoms in total. The van der Waals surface area contributed by atoms with Gasteiger partial charge in [0.15, 0.2) is 11.5 Å². The summed E-state index contributed by atoms with van der Waals surface area (Å²) in [6.45, 7) is 4.89. The lowest BCUT2D eigenvalue weighted by atomic mass is 10.1. The number of allylic oxidation sites excluding steroid dienone is 1. The molecule has 0 saturated carbocycles. The Balaban J connectivity index is 2.15. The van der Waals surface area contributed by atoms with Crippen LogP contribution in [0.4, 0.5) is 0 Å². The van der Waals surface area contributed by atoms with Gasteiger partial charge in [0.2, 0.25) is 0 Å². The Morgan fingerprint density at radius 2 is 1.91 bits per heavy atom. The van der Waals surface area contributed by atoms with E-state index in [4.69, 9.17) is 15.2 Å². The van der Waals surface area contributed by atoms with Gasteiger partial charge in [-0.1, -0.05) is 42.5 Å². The monoisotopic (exact) mass is 297 g/mol. The van der Waals surface area contributed by atoms with Crippen LogP contribution in [-0.4, -0.2) is 13.7 Å². The average Bonchev–Trinajstić information content (AvgIpc) is 2.57. The molecule has 0 amide bonds. The van der Waals surface area contributed by atoms with Gasteiger partial charge in [-0.05, 0) is 23.6 Å². The Bertz CT molecular complexity index is 608. The second-order valence-corrected chi connectivity index (χ2v) is 5.07. The van der Waals surface area contributed by atoms with Gasteiger partial charge in [0.25, 0.3) is 0 Å². The highest BCUT2D eigenvalue weighted by molar-refractivity contribution is 5.50. The Morgan fingerprint density at radius 3 is 2.55 bits per heavy atom. The fraction of sp³-hybridized carbons (Fsp3) is 0.263. The highest BCUT2D eigenvalue weighted by atomic mass is 16.5. The van der Waals surface area contributed by atoms with E-state index in [0.29, 0.717) is 13.2 Å². The molecule has 0 spiro atoms. The highest BCUT2D eigenvalue weighted by Gasteiger charge is 2.12. The van der Waals surface area contributed by atoms with E-state index in [2.05, 4.69) is 24.8 Å². The third-order valence-corrected chi connectivity index (χ3v) is 3.49. The van der Waals surface area contributed by atoms with Crippen LogP contribution < -0.4 is 15.2 Å². The third kappa shape index (κ3) is 4.12. The maximum atomic E-state index is 6.00. The summed E-state index contributed by atoms with van der Waals surface area (Å²) in [4.78, 5) is 0. The quantitative estimate of drug-likeness (QED) is 0.758. The van der Waals surface area contributed by atoms with Gasteiger partial charge in [0.05, 0.1) is 13.7 Å². The zero-order valence-corrected chi connectivity index (χ0v) is 13.0. The first kappa shape index (κ1) is 16.1. The van der Waals surface area contributed by atoms with Crippen molar-refractivity contribution in [2.45, 2.75) is 19.4 Å². The molecular formula is C19H23NO2. The van der Waals surface area contributed by atoms with Crippen molar-refractivity contribution in [2.24, 2.45) is 5.73 Å². The van der Waals surface area contributed by atoms with Crippen LogP contribution in [0.2, 0.25) is 0 Å². The molecule has 2 aromatic rings. The van der Waals surface area contributed by atoms with Crippen LogP contribution in [0.15, 0.2) is 55.1 Å². The molecule has 2 N–H and O–H groups in total. The van der Waals surface area contributed by atoms with Crippen LogP contribution in [0.5, 0.6) is 11.5 Å². The zero-order chi connectivity index (χ0) is 15.8. The van der Waals surface area contributed by atoms with Crippen LogP contribution in [0, 0.1) is 0 Å². The minimum Gasteiger partial charge on any atom is -0.493 e. The smallest absolute Gasteiger partial charge is 0.164 e. The minimum atomic E-state index is 0.477. The molecule has 116 valence electrons. The lowest BCUT2D eigenvalue weighted by Gasteiger charge is -2.16. The Hall–Kier alpha value is -2.26. The number of methoxy groups -OCH3 is 1. The van der Waals surface area contributed by atoms with Crippen LogP contribution in [0.1, 0.15) is 16.7 Å². The van der Waals surface area contributed by atoms with Gasteiger partial charge in [-0.15, -0.1) is 6.58 Å². The van der Waals surface area contributed by atoms with E-state index in [1.165, 1.54) is 5.56 Å². The second kappa shape index (κ2) is 8.25. The fourth-order valence-electron chi connectivity index (χ4n) is 2.38. The van der Waals surface area contributed by atoms with E-state index >= 15 is 0 Å². The van der Waals surface area contributed by atoms with Crippen LogP contribution in [-0.2, 0) is 19.4 Å². The molecule has 0 atom stereocenters. The van der Waals surface area contributed by atoms with Crippen molar-refractivity contribution in [2.75, 3.05) is 13.7 Å². The first-order valence-corrected chi connectivity index (χ1v) is 7.46. The van der Waals surface area contributed by atoms with Crippen molar-refractivity contribution < 1.29 is 9.47 Å². The van der Waals surface area contributed by atoms with Gasteiger partial charge in [-0.25, -0.2) is 0 Å². The van der Waals surface area contributed by atoms with Crippen molar-refractivity contribution in [3.63, 3.8) is 0 Å². The van der Waals surface area contributed by atoms with Crippen molar-refractivity contribution >= 4 is 0 Å². The van der Waals surface area contributed by atoms with E-state index < -0.39 is 0 Å². The number of rotatable bonds is 8. The Morgan fingerprint density at radius 1 is 1.14 bits per heavy atom. The number of ether oxygens (including phenoxy) is 2. The molecule has 0 heterocycles. The van der Waals surface area contributed by atoms with Gasteiger partial charge in [-0.3, -0.25) is 0 Å². The molecule has 0 aromatic heterocycles. The van der Waals surface area contributed by atoms with Gasteiger partial charge in [0.1, 0.15) is 0 Å². The summed E-state index contributed by atoms with van der Waals surface area (Å²) in [6, 6.07) is 14.3.